The van der Waals surface area contributed by atoms with Gasteiger partial charge >= 0.3 is 0 Å². The Hall–Kier alpha value is -1.53. The maximum absolute atomic E-state index is 8.85. The van der Waals surface area contributed by atoms with Crippen LogP contribution in [0.1, 0.15) is 24.8 Å². The van der Waals surface area contributed by atoms with Crippen LogP contribution in [0, 0.1) is 11.3 Å². The van der Waals surface area contributed by atoms with Crippen LogP contribution in [-0.4, -0.2) is 21.2 Å². The minimum atomic E-state index is -0.0184. The number of nitrogens with one attached hydrogen (secondary N) is 1. The Kier molecular flexibility index (Phi) is 7.92. The number of hydrogen-bond acceptors (Lipinski definition) is 3. The molecule has 0 aromatic heterocycles. The third kappa shape index (κ3) is 4.81. The molecule has 16 heavy (non-hydrogen) atoms. The zero-order chi connectivity index (χ0) is 12.4. The number of ether oxygens (including phenoxy) is 1. The van der Waals surface area contributed by atoms with Gasteiger partial charge < -0.3 is 10.1 Å². The van der Waals surface area contributed by atoms with Crippen LogP contribution in [0.3, 0.4) is 0 Å². The van der Waals surface area contributed by atoms with Gasteiger partial charge in [0.25, 0.3) is 0 Å². The highest BCUT2D eigenvalue weighted by atomic mass is 16.5. The minimum absolute atomic E-state index is 0.0184. The molecule has 0 radical (unpaired) electrons. The Bertz CT molecular complexity index is 331. The molecule has 1 unspecified atom stereocenters. The summed E-state index contributed by atoms with van der Waals surface area (Å²) >= 11 is 0. The third-order valence-corrected chi connectivity index (χ3v) is 2.06. The number of methoxy groups -OCH3 is 1. The molecule has 0 aliphatic heterocycles. The molecular formula is C13H20N2O. The summed E-state index contributed by atoms with van der Waals surface area (Å²) in [6.07, 6.45) is 0.837. The monoisotopic (exact) mass is 220 g/mol. The molecule has 0 fully saturated rings. The zero-order valence-corrected chi connectivity index (χ0v) is 10.4. The fraction of sp³-hybridized carbons (Fsp3) is 0.462. The fourth-order valence-electron chi connectivity index (χ4n) is 1.26. The van der Waals surface area contributed by atoms with Gasteiger partial charge in [-0.25, -0.2) is 0 Å². The molecule has 0 saturated carbocycles. The second kappa shape index (κ2) is 8.75. The molecule has 0 aliphatic carbocycles. The van der Waals surface area contributed by atoms with Crippen LogP contribution in [0.25, 0.3) is 0 Å². The van der Waals surface area contributed by atoms with Crippen molar-refractivity contribution in [3.05, 3.63) is 29.8 Å². The van der Waals surface area contributed by atoms with Crippen molar-refractivity contribution in [1.29, 1.82) is 5.26 Å². The third-order valence-electron chi connectivity index (χ3n) is 2.06. The van der Waals surface area contributed by atoms with E-state index >= 15 is 0 Å². The summed E-state index contributed by atoms with van der Waals surface area (Å²) in [5.41, 5.74) is 1.03. The van der Waals surface area contributed by atoms with E-state index in [9.17, 15) is 0 Å². The van der Waals surface area contributed by atoms with Crippen molar-refractivity contribution in [1.82, 2.24) is 5.32 Å². The number of nitriles is 1. The van der Waals surface area contributed by atoms with E-state index in [-0.39, 0.29) is 5.92 Å². The molecule has 0 heterocycles. The molecule has 1 rings (SSSR count). The Morgan fingerprint density at radius 1 is 1.44 bits per heavy atom. The Morgan fingerprint density at radius 2 is 2.06 bits per heavy atom. The van der Waals surface area contributed by atoms with Crippen molar-refractivity contribution < 1.29 is 4.74 Å². The van der Waals surface area contributed by atoms with Crippen LogP contribution in [0.4, 0.5) is 0 Å². The summed E-state index contributed by atoms with van der Waals surface area (Å²) in [4.78, 5) is 0. The lowest BCUT2D eigenvalue weighted by Crippen LogP contribution is -1.94. The molecule has 0 spiro atoms. The van der Waals surface area contributed by atoms with Crippen molar-refractivity contribution >= 4 is 0 Å². The van der Waals surface area contributed by atoms with Crippen LogP contribution < -0.4 is 10.1 Å². The van der Waals surface area contributed by atoms with Gasteiger partial charge in [0.05, 0.1) is 19.1 Å². The van der Waals surface area contributed by atoms with E-state index in [1.807, 2.05) is 45.3 Å². The van der Waals surface area contributed by atoms with Gasteiger partial charge in [0.1, 0.15) is 5.75 Å². The van der Waals surface area contributed by atoms with Crippen LogP contribution in [0.2, 0.25) is 0 Å². The smallest absolute Gasteiger partial charge is 0.119 e. The van der Waals surface area contributed by atoms with Gasteiger partial charge in [0.15, 0.2) is 0 Å². The molecule has 0 bridgehead atoms. The van der Waals surface area contributed by atoms with E-state index in [2.05, 4.69) is 11.4 Å². The summed E-state index contributed by atoms with van der Waals surface area (Å²) in [6.45, 7) is 2.01. The number of hydrogen-bond donors (Lipinski definition) is 1. The summed E-state index contributed by atoms with van der Waals surface area (Å²) in [6, 6.07) is 9.93. The predicted octanol–water partition coefficient (Wildman–Crippen LogP) is 2.55. The second-order valence-electron chi connectivity index (χ2n) is 3.37. The van der Waals surface area contributed by atoms with Crippen molar-refractivity contribution in [3.63, 3.8) is 0 Å². The molecule has 88 valence electrons. The first-order valence-electron chi connectivity index (χ1n) is 5.35. The van der Waals surface area contributed by atoms with E-state index in [0.717, 1.165) is 17.7 Å². The van der Waals surface area contributed by atoms with Gasteiger partial charge in [-0.3, -0.25) is 0 Å². The van der Waals surface area contributed by atoms with Crippen molar-refractivity contribution in [2.24, 2.45) is 0 Å². The zero-order valence-electron chi connectivity index (χ0n) is 10.4. The molecule has 1 aromatic carbocycles. The highest BCUT2D eigenvalue weighted by molar-refractivity contribution is 5.33. The topological polar surface area (TPSA) is 45.0 Å². The maximum Gasteiger partial charge on any atom is 0.119 e. The van der Waals surface area contributed by atoms with Crippen molar-refractivity contribution in [2.75, 3.05) is 21.2 Å². The highest BCUT2D eigenvalue weighted by Gasteiger charge is 2.07. The molecule has 0 saturated heterocycles. The number of benzene rings is 1. The standard InChI is InChI=1S/C11H13NO.C2H7N/c1-3-9(8-12)10-5-4-6-11(7-10)13-2;1-3-2/h4-7,9H,3H2,1-2H3;3H,1-2H3. The normalized spacial score (nSPS) is 10.7. The number of rotatable bonds is 3. The number of nitrogens with zero attached hydrogens (tertiary/aromatic N) is 1. The van der Waals surface area contributed by atoms with Gasteiger partial charge in [0.2, 0.25) is 0 Å². The molecule has 1 aromatic rings. The molecule has 0 amide bonds. The molecule has 3 nitrogen and oxygen atoms in total. The van der Waals surface area contributed by atoms with E-state index in [4.69, 9.17) is 10.00 Å². The van der Waals surface area contributed by atoms with E-state index in [1.165, 1.54) is 0 Å². The van der Waals surface area contributed by atoms with E-state index in [0.29, 0.717) is 0 Å². The van der Waals surface area contributed by atoms with Crippen LogP contribution >= 0.6 is 0 Å². The molecular weight excluding hydrogens is 200 g/mol. The molecule has 1 atom stereocenters. The van der Waals surface area contributed by atoms with Crippen LogP contribution in [-0.2, 0) is 0 Å². The van der Waals surface area contributed by atoms with Gasteiger partial charge in [-0.15, -0.1) is 0 Å². The van der Waals surface area contributed by atoms with Gasteiger partial charge in [-0.1, -0.05) is 19.1 Å². The molecule has 1 N–H and O–H groups in total. The average Bonchev–Trinajstić information content (AvgIpc) is 2.32. The first kappa shape index (κ1) is 14.5. The van der Waals surface area contributed by atoms with Gasteiger partial charge in [-0.05, 0) is 38.2 Å². The summed E-state index contributed by atoms with van der Waals surface area (Å²) in [5.74, 6) is 0.793. The summed E-state index contributed by atoms with van der Waals surface area (Å²) in [7, 11) is 5.38. The largest absolute Gasteiger partial charge is 0.497 e. The predicted molar refractivity (Wildman–Crippen MR) is 66.6 cm³/mol. The van der Waals surface area contributed by atoms with Gasteiger partial charge in [-0.2, -0.15) is 5.26 Å². The van der Waals surface area contributed by atoms with Gasteiger partial charge in [0, 0.05) is 0 Å². The average molecular weight is 220 g/mol. The second-order valence-corrected chi connectivity index (χ2v) is 3.37. The Labute approximate surface area is 98.0 Å². The molecule has 3 heteroatoms. The SMILES string of the molecule is CCC(C#N)c1cccc(OC)c1.CNC. The Balaban J connectivity index is 0.000000673. The summed E-state index contributed by atoms with van der Waals surface area (Å²) in [5, 5.41) is 11.6. The fourth-order valence-corrected chi connectivity index (χ4v) is 1.26. The quantitative estimate of drug-likeness (QED) is 0.851. The maximum atomic E-state index is 8.85. The summed E-state index contributed by atoms with van der Waals surface area (Å²) < 4.78 is 5.08. The van der Waals surface area contributed by atoms with Crippen molar-refractivity contribution in [3.8, 4) is 11.8 Å². The van der Waals surface area contributed by atoms with Crippen molar-refractivity contribution in [2.45, 2.75) is 19.3 Å². The van der Waals surface area contributed by atoms with Crippen LogP contribution in [0.15, 0.2) is 24.3 Å². The lowest BCUT2D eigenvalue weighted by molar-refractivity contribution is 0.414. The highest BCUT2D eigenvalue weighted by Crippen LogP contribution is 2.22. The minimum Gasteiger partial charge on any atom is -0.497 e. The molecule has 0 aliphatic rings. The lowest BCUT2D eigenvalue weighted by Gasteiger charge is -2.07. The lowest BCUT2D eigenvalue weighted by atomic mass is 9.98. The van der Waals surface area contributed by atoms with Crippen LogP contribution in [0.5, 0.6) is 5.75 Å². The first-order chi connectivity index (χ1) is 7.73. The van der Waals surface area contributed by atoms with E-state index in [1.54, 1.807) is 7.11 Å². The van der Waals surface area contributed by atoms with E-state index < -0.39 is 0 Å². The Morgan fingerprint density at radius 3 is 2.50 bits per heavy atom. The first-order valence-corrected chi connectivity index (χ1v) is 5.35.